The normalized spacial score (nSPS) is 15.1. The third-order valence-corrected chi connectivity index (χ3v) is 3.45. The zero-order valence-electron chi connectivity index (χ0n) is 11.1. The molecule has 90 valence electrons. The van der Waals surface area contributed by atoms with Crippen molar-refractivity contribution >= 4 is 17.5 Å². The average Bonchev–Trinajstić information content (AvgIpc) is 2.01. The molecular formula is C12H25NOS. The maximum absolute atomic E-state index is 12.0. The van der Waals surface area contributed by atoms with Gasteiger partial charge in [0.2, 0.25) is 0 Å². The molecule has 0 saturated carbocycles. The van der Waals surface area contributed by atoms with Crippen molar-refractivity contribution in [1.82, 2.24) is 5.32 Å². The van der Waals surface area contributed by atoms with Crippen molar-refractivity contribution in [3.05, 3.63) is 0 Å². The Kier molecular flexibility index (Phi) is 5.34. The Labute approximate surface area is 98.6 Å². The Morgan fingerprint density at radius 3 is 1.93 bits per heavy atom. The van der Waals surface area contributed by atoms with E-state index in [9.17, 15) is 4.79 Å². The highest BCUT2D eigenvalue weighted by molar-refractivity contribution is 8.00. The second-order valence-electron chi connectivity index (χ2n) is 5.88. The van der Waals surface area contributed by atoms with Gasteiger partial charge >= 0.3 is 0 Å². The first-order chi connectivity index (χ1) is 6.58. The van der Waals surface area contributed by atoms with Crippen LogP contribution in [-0.4, -0.2) is 29.4 Å². The van der Waals surface area contributed by atoms with E-state index in [1.807, 2.05) is 39.6 Å². The summed E-state index contributed by atoms with van der Waals surface area (Å²) in [4.78, 5) is 12.0. The first-order valence-corrected chi connectivity index (χ1v) is 6.42. The Morgan fingerprint density at radius 2 is 1.67 bits per heavy atom. The van der Waals surface area contributed by atoms with Gasteiger partial charge in [0.05, 0.1) is 6.04 Å². The van der Waals surface area contributed by atoms with Crippen LogP contribution in [0.4, 0.5) is 0 Å². The van der Waals surface area contributed by atoms with Crippen molar-refractivity contribution in [2.75, 3.05) is 12.8 Å². The molecular weight excluding hydrogens is 206 g/mol. The third kappa shape index (κ3) is 6.21. The second-order valence-corrected chi connectivity index (χ2v) is 7.73. The minimum absolute atomic E-state index is 0.0331. The van der Waals surface area contributed by atoms with Crippen LogP contribution in [-0.2, 0) is 4.79 Å². The van der Waals surface area contributed by atoms with E-state index in [1.165, 1.54) is 0 Å². The number of thioether (sulfide) groups is 1. The van der Waals surface area contributed by atoms with Crippen molar-refractivity contribution in [3.63, 3.8) is 0 Å². The Morgan fingerprint density at radius 1 is 1.20 bits per heavy atom. The molecule has 0 saturated heterocycles. The number of likely N-dealkylation sites (N-methyl/N-ethyl adjacent to an activating group) is 1. The minimum Gasteiger partial charge on any atom is -0.310 e. The van der Waals surface area contributed by atoms with Crippen LogP contribution in [0, 0.1) is 5.41 Å². The van der Waals surface area contributed by atoms with Crippen LogP contribution in [0.5, 0.6) is 0 Å². The van der Waals surface area contributed by atoms with Gasteiger partial charge in [-0.3, -0.25) is 4.79 Å². The molecule has 0 aromatic rings. The zero-order valence-corrected chi connectivity index (χ0v) is 11.9. The van der Waals surface area contributed by atoms with Crippen LogP contribution < -0.4 is 5.32 Å². The summed E-state index contributed by atoms with van der Waals surface area (Å²) in [6, 6.07) is -0.0331. The van der Waals surface area contributed by atoms with Gasteiger partial charge in [-0.25, -0.2) is 0 Å². The summed E-state index contributed by atoms with van der Waals surface area (Å²) in [5.41, 5.74) is -0.258. The number of carbonyl (C=O) groups is 1. The fraction of sp³-hybridized carbons (Fsp3) is 0.917. The first kappa shape index (κ1) is 15.0. The molecule has 1 atom stereocenters. The fourth-order valence-corrected chi connectivity index (χ4v) is 2.13. The molecule has 3 heteroatoms. The van der Waals surface area contributed by atoms with Crippen LogP contribution in [0.3, 0.4) is 0 Å². The Balaban J connectivity index is 4.33. The highest BCUT2D eigenvalue weighted by atomic mass is 32.2. The van der Waals surface area contributed by atoms with Crippen LogP contribution >= 0.6 is 11.8 Å². The van der Waals surface area contributed by atoms with E-state index >= 15 is 0 Å². The van der Waals surface area contributed by atoms with E-state index in [4.69, 9.17) is 0 Å². The van der Waals surface area contributed by atoms with Crippen molar-refractivity contribution in [3.8, 4) is 0 Å². The number of carbonyl (C=O) groups excluding carboxylic acids is 1. The molecule has 0 bridgehead atoms. The van der Waals surface area contributed by atoms with Crippen LogP contribution in [0.15, 0.2) is 0 Å². The topological polar surface area (TPSA) is 29.1 Å². The summed E-state index contributed by atoms with van der Waals surface area (Å²) < 4.78 is 0.216. The van der Waals surface area contributed by atoms with Crippen LogP contribution in [0.25, 0.3) is 0 Å². The Bertz CT molecular complexity index is 213. The third-order valence-electron chi connectivity index (χ3n) is 2.09. The molecule has 2 nitrogen and oxygen atoms in total. The monoisotopic (exact) mass is 231 g/mol. The number of nitrogens with one attached hydrogen (secondary N) is 1. The molecule has 0 aliphatic heterocycles. The SMILES string of the molecule is CNC(CSC(C)(C)C)C(=O)C(C)(C)C. The predicted octanol–water partition coefficient (Wildman–Crippen LogP) is 2.72. The van der Waals surface area contributed by atoms with E-state index in [0.29, 0.717) is 5.78 Å². The standard InChI is InChI=1S/C12H25NOS/c1-11(2,3)10(14)9(13-7)8-15-12(4,5)6/h9,13H,8H2,1-7H3. The molecule has 0 aliphatic rings. The van der Waals surface area contributed by atoms with E-state index in [2.05, 4.69) is 26.1 Å². The molecule has 0 aromatic heterocycles. The van der Waals surface area contributed by atoms with E-state index in [-0.39, 0.29) is 16.2 Å². The maximum Gasteiger partial charge on any atom is 0.155 e. The van der Waals surface area contributed by atoms with Gasteiger partial charge in [0.25, 0.3) is 0 Å². The van der Waals surface area contributed by atoms with Crippen LogP contribution in [0.2, 0.25) is 0 Å². The quantitative estimate of drug-likeness (QED) is 0.806. The minimum atomic E-state index is -0.258. The lowest BCUT2D eigenvalue weighted by Crippen LogP contribution is -2.43. The van der Waals surface area contributed by atoms with E-state index < -0.39 is 0 Å². The van der Waals surface area contributed by atoms with E-state index in [1.54, 1.807) is 0 Å². The lowest BCUT2D eigenvalue weighted by atomic mass is 9.87. The molecule has 0 aliphatic carbocycles. The number of hydrogen-bond acceptors (Lipinski definition) is 3. The molecule has 0 amide bonds. The van der Waals surface area contributed by atoms with Crippen LogP contribution in [0.1, 0.15) is 41.5 Å². The summed E-state index contributed by atoms with van der Waals surface area (Å²) in [6.07, 6.45) is 0. The second kappa shape index (κ2) is 5.35. The first-order valence-electron chi connectivity index (χ1n) is 5.43. The zero-order chi connectivity index (χ0) is 12.3. The van der Waals surface area contributed by atoms with Gasteiger partial charge < -0.3 is 5.32 Å². The average molecular weight is 231 g/mol. The fourth-order valence-electron chi connectivity index (χ4n) is 1.15. The van der Waals surface area contributed by atoms with Gasteiger partial charge in [-0.15, -0.1) is 0 Å². The van der Waals surface area contributed by atoms with Crippen molar-refractivity contribution in [1.29, 1.82) is 0 Å². The molecule has 1 N–H and O–H groups in total. The molecule has 0 fully saturated rings. The molecule has 0 radical (unpaired) electrons. The van der Waals surface area contributed by atoms with Crippen molar-refractivity contribution < 1.29 is 4.79 Å². The summed E-state index contributed by atoms with van der Waals surface area (Å²) in [5.74, 6) is 1.14. The predicted molar refractivity (Wildman–Crippen MR) is 69.5 cm³/mol. The highest BCUT2D eigenvalue weighted by Crippen LogP contribution is 2.26. The number of ketones is 1. The summed E-state index contributed by atoms with van der Waals surface area (Å²) in [6.45, 7) is 12.4. The lowest BCUT2D eigenvalue weighted by molar-refractivity contribution is -0.127. The largest absolute Gasteiger partial charge is 0.310 e. The summed E-state index contributed by atoms with van der Waals surface area (Å²) in [7, 11) is 1.86. The van der Waals surface area contributed by atoms with Crippen molar-refractivity contribution in [2.45, 2.75) is 52.3 Å². The van der Waals surface area contributed by atoms with Gasteiger partial charge in [0, 0.05) is 15.9 Å². The molecule has 0 aromatic carbocycles. The number of hydrogen-bond donors (Lipinski definition) is 1. The summed E-state index contributed by atoms with van der Waals surface area (Å²) >= 11 is 1.83. The number of Topliss-reactive ketones (excluding diaryl/α,β-unsaturated/α-hetero) is 1. The van der Waals surface area contributed by atoms with Gasteiger partial charge in [-0.2, -0.15) is 11.8 Å². The Hall–Kier alpha value is -0.0200. The smallest absolute Gasteiger partial charge is 0.155 e. The maximum atomic E-state index is 12.0. The summed E-state index contributed by atoms with van der Waals surface area (Å²) in [5, 5.41) is 3.11. The van der Waals surface area contributed by atoms with Gasteiger partial charge in [0.1, 0.15) is 0 Å². The molecule has 0 heterocycles. The molecule has 1 unspecified atom stereocenters. The van der Waals surface area contributed by atoms with E-state index in [0.717, 1.165) is 5.75 Å². The van der Waals surface area contributed by atoms with Gasteiger partial charge in [-0.1, -0.05) is 41.5 Å². The molecule has 0 spiro atoms. The molecule has 0 rings (SSSR count). The van der Waals surface area contributed by atoms with Gasteiger partial charge in [0.15, 0.2) is 5.78 Å². The van der Waals surface area contributed by atoms with Crippen molar-refractivity contribution in [2.24, 2.45) is 5.41 Å². The number of rotatable bonds is 4. The lowest BCUT2D eigenvalue weighted by Gasteiger charge is -2.26. The highest BCUT2D eigenvalue weighted by Gasteiger charge is 2.29. The van der Waals surface area contributed by atoms with Gasteiger partial charge in [-0.05, 0) is 7.05 Å². The molecule has 15 heavy (non-hydrogen) atoms.